The van der Waals surface area contributed by atoms with Crippen molar-refractivity contribution in [2.24, 2.45) is 0 Å². The van der Waals surface area contributed by atoms with E-state index in [1.807, 2.05) is 18.2 Å². The minimum Gasteiger partial charge on any atom is -0.371 e. The van der Waals surface area contributed by atoms with Gasteiger partial charge in [0.1, 0.15) is 0 Å². The number of carbonyl (C=O) groups is 2. The normalized spacial score (nSPS) is 15.5. The van der Waals surface area contributed by atoms with Gasteiger partial charge in [0, 0.05) is 84.5 Å². The highest BCUT2D eigenvalue weighted by molar-refractivity contribution is 9.10. The van der Waals surface area contributed by atoms with Crippen molar-refractivity contribution in [3.63, 3.8) is 0 Å². The monoisotopic (exact) mass is 685 g/mol. The van der Waals surface area contributed by atoms with E-state index in [-0.39, 0.29) is 11.8 Å². The lowest BCUT2D eigenvalue weighted by molar-refractivity contribution is 0.0607. The first-order chi connectivity index (χ1) is 20.5. The van der Waals surface area contributed by atoms with E-state index in [9.17, 15) is 9.59 Å². The molecule has 0 atom stereocenters. The molecule has 0 aliphatic carbocycles. The zero-order valence-corrected chi connectivity index (χ0v) is 26.7. The number of hydrogen-bond donors (Lipinski definition) is 0. The molecule has 0 unspecified atom stereocenters. The first-order valence-electron chi connectivity index (χ1n) is 15.0. The Morgan fingerprint density at radius 2 is 1.24 bits per heavy atom. The number of rotatable bonds is 8. The van der Waals surface area contributed by atoms with Gasteiger partial charge in [-0.1, -0.05) is 56.8 Å². The average molecular weight is 687 g/mol. The fraction of sp³-hybridized carbons (Fsp3) is 0.314. The third-order valence-corrected chi connectivity index (χ3v) is 9.95. The molecule has 3 heterocycles. The Balaban J connectivity index is 1.02. The Kier molecular flexibility index (Phi) is 7.57. The molecule has 5 nitrogen and oxygen atoms in total. The third kappa shape index (κ3) is 4.84. The zero-order valence-electron chi connectivity index (χ0n) is 23.5. The van der Waals surface area contributed by atoms with Crippen LogP contribution in [0.5, 0.6) is 0 Å². The van der Waals surface area contributed by atoms with Gasteiger partial charge < -0.3 is 9.47 Å². The highest BCUT2D eigenvalue weighted by Crippen LogP contribution is 2.37. The molecule has 0 radical (unpaired) electrons. The minimum atomic E-state index is -0.156. The van der Waals surface area contributed by atoms with Crippen LogP contribution in [0.15, 0.2) is 75.7 Å². The van der Waals surface area contributed by atoms with Crippen LogP contribution in [-0.4, -0.2) is 40.9 Å². The van der Waals surface area contributed by atoms with Crippen molar-refractivity contribution in [3.05, 3.63) is 86.8 Å². The number of unbranched alkanes of at least 4 members (excludes halogenated alkanes) is 3. The largest absolute Gasteiger partial charge is 0.371 e. The molecule has 0 N–H and O–H groups in total. The maximum Gasteiger partial charge on any atom is 0.261 e. The van der Waals surface area contributed by atoms with Gasteiger partial charge in [-0.3, -0.25) is 14.5 Å². The summed E-state index contributed by atoms with van der Waals surface area (Å²) in [5.74, 6) is -0.312. The van der Waals surface area contributed by atoms with Crippen molar-refractivity contribution in [2.45, 2.75) is 51.5 Å². The molecule has 7 rings (SSSR count). The van der Waals surface area contributed by atoms with Crippen molar-refractivity contribution in [2.75, 3.05) is 24.5 Å². The number of aromatic nitrogens is 1. The lowest BCUT2D eigenvalue weighted by atomic mass is 9.92. The number of fused-ring (bicyclic) bond motifs is 3. The van der Waals surface area contributed by atoms with Crippen LogP contribution in [0.2, 0.25) is 0 Å². The zero-order chi connectivity index (χ0) is 28.8. The van der Waals surface area contributed by atoms with Crippen LogP contribution in [0.4, 0.5) is 5.69 Å². The van der Waals surface area contributed by atoms with Gasteiger partial charge in [-0.2, -0.15) is 0 Å². The Morgan fingerprint density at radius 1 is 0.619 bits per heavy atom. The fourth-order valence-corrected chi connectivity index (χ4v) is 7.65. The Hall–Kier alpha value is -3.16. The first-order valence-corrected chi connectivity index (χ1v) is 16.6. The molecular weight excluding hydrogens is 654 g/mol. The second-order valence-corrected chi connectivity index (χ2v) is 13.4. The van der Waals surface area contributed by atoms with Gasteiger partial charge in [0.15, 0.2) is 0 Å². The van der Waals surface area contributed by atoms with Gasteiger partial charge in [-0.15, -0.1) is 0 Å². The molecule has 1 saturated heterocycles. The first kappa shape index (κ1) is 27.7. The summed E-state index contributed by atoms with van der Waals surface area (Å²) in [6, 6.07) is 22.9. The number of anilines is 1. The number of hydrogen-bond acceptors (Lipinski definition) is 3. The van der Waals surface area contributed by atoms with Crippen molar-refractivity contribution in [1.82, 2.24) is 9.47 Å². The SMILES string of the molecule is O=C1c2cccc3c(N4CCCCC4)ccc(c23)C(=O)N1CCCCCCn1c2ccc(Br)cc2c2cc(Br)ccc21. The van der Waals surface area contributed by atoms with Crippen LogP contribution in [-0.2, 0) is 6.54 Å². The summed E-state index contributed by atoms with van der Waals surface area (Å²) >= 11 is 7.26. The molecule has 1 fully saturated rings. The third-order valence-electron chi connectivity index (χ3n) is 8.97. The molecule has 0 spiro atoms. The van der Waals surface area contributed by atoms with Gasteiger partial charge in [-0.05, 0) is 86.7 Å². The molecule has 42 heavy (non-hydrogen) atoms. The van der Waals surface area contributed by atoms with Crippen LogP contribution >= 0.6 is 31.9 Å². The number of nitrogens with zero attached hydrogens (tertiary/aromatic N) is 3. The highest BCUT2D eigenvalue weighted by Gasteiger charge is 2.33. The topological polar surface area (TPSA) is 45.6 Å². The molecule has 214 valence electrons. The summed E-state index contributed by atoms with van der Waals surface area (Å²) in [7, 11) is 0. The van der Waals surface area contributed by atoms with Gasteiger partial charge in [0.2, 0.25) is 0 Å². The van der Waals surface area contributed by atoms with E-state index >= 15 is 0 Å². The molecular formula is C35H33Br2N3O2. The summed E-state index contributed by atoms with van der Waals surface area (Å²) in [5, 5.41) is 4.36. The van der Waals surface area contributed by atoms with E-state index in [0.717, 1.165) is 70.7 Å². The molecule has 1 aromatic heterocycles. The van der Waals surface area contributed by atoms with E-state index in [1.54, 1.807) is 0 Å². The molecule has 0 saturated carbocycles. The summed E-state index contributed by atoms with van der Waals surface area (Å²) in [6.07, 6.45) is 7.48. The minimum absolute atomic E-state index is 0.156. The number of halogens is 2. The molecule has 4 aromatic carbocycles. The Morgan fingerprint density at radius 3 is 1.90 bits per heavy atom. The van der Waals surface area contributed by atoms with Crippen LogP contribution in [0.3, 0.4) is 0 Å². The maximum atomic E-state index is 13.6. The molecule has 0 bridgehead atoms. The standard InChI is InChI=1S/C35H33Br2N3O2/c36-23-11-14-31-28(21-23)29-22-24(37)12-15-32(29)39(31)19-6-1-2-7-20-40-34(41)26-10-8-9-25-30(38-17-4-3-5-18-38)16-13-27(33(25)26)35(40)42/h8-16,21-22H,1-7,17-20H2. The summed E-state index contributed by atoms with van der Waals surface area (Å²) in [6.45, 7) is 3.44. The second-order valence-electron chi connectivity index (χ2n) is 11.6. The van der Waals surface area contributed by atoms with Gasteiger partial charge in [-0.25, -0.2) is 0 Å². The van der Waals surface area contributed by atoms with Crippen LogP contribution in [0.1, 0.15) is 65.7 Å². The van der Waals surface area contributed by atoms with Crippen molar-refractivity contribution >= 4 is 81.9 Å². The quantitative estimate of drug-likeness (QED) is 0.121. The molecule has 5 aromatic rings. The van der Waals surface area contributed by atoms with E-state index in [2.05, 4.69) is 89.9 Å². The van der Waals surface area contributed by atoms with Crippen LogP contribution in [0.25, 0.3) is 32.6 Å². The number of carbonyl (C=O) groups excluding carboxylic acids is 2. The summed E-state index contributed by atoms with van der Waals surface area (Å²) in [4.78, 5) is 31.0. The summed E-state index contributed by atoms with van der Waals surface area (Å²) < 4.78 is 4.58. The lowest BCUT2D eigenvalue weighted by Crippen LogP contribution is -2.41. The van der Waals surface area contributed by atoms with Crippen LogP contribution < -0.4 is 4.90 Å². The average Bonchev–Trinajstić information content (AvgIpc) is 3.30. The molecule has 2 aliphatic heterocycles. The smallest absolute Gasteiger partial charge is 0.261 e. The molecule has 2 aliphatic rings. The van der Waals surface area contributed by atoms with Crippen molar-refractivity contribution in [1.29, 1.82) is 0 Å². The number of benzene rings is 4. The number of aryl methyl sites for hydroxylation is 1. The van der Waals surface area contributed by atoms with Crippen molar-refractivity contribution < 1.29 is 9.59 Å². The number of imide groups is 1. The second kappa shape index (κ2) is 11.5. The summed E-state index contributed by atoms with van der Waals surface area (Å²) in [5.41, 5.74) is 4.95. The Labute approximate surface area is 262 Å². The van der Waals surface area contributed by atoms with E-state index < -0.39 is 0 Å². The molecule has 2 amide bonds. The van der Waals surface area contributed by atoms with Crippen LogP contribution in [0, 0.1) is 0 Å². The predicted octanol–water partition coefficient (Wildman–Crippen LogP) is 9.32. The highest BCUT2D eigenvalue weighted by atomic mass is 79.9. The predicted molar refractivity (Wildman–Crippen MR) is 179 cm³/mol. The number of amides is 2. The molecule has 7 heteroatoms. The lowest BCUT2D eigenvalue weighted by Gasteiger charge is -2.32. The number of piperidine rings is 1. The van der Waals surface area contributed by atoms with Crippen molar-refractivity contribution in [3.8, 4) is 0 Å². The van der Waals surface area contributed by atoms with E-state index in [1.165, 1.54) is 46.0 Å². The van der Waals surface area contributed by atoms with Gasteiger partial charge >= 0.3 is 0 Å². The van der Waals surface area contributed by atoms with Gasteiger partial charge in [0.05, 0.1) is 0 Å². The Bertz CT molecular complexity index is 1770. The van der Waals surface area contributed by atoms with E-state index in [0.29, 0.717) is 17.7 Å². The fourth-order valence-electron chi connectivity index (χ4n) is 6.93. The van der Waals surface area contributed by atoms with E-state index in [4.69, 9.17) is 0 Å². The maximum absolute atomic E-state index is 13.6. The van der Waals surface area contributed by atoms with Gasteiger partial charge in [0.25, 0.3) is 11.8 Å².